The predicted molar refractivity (Wildman–Crippen MR) is 135 cm³/mol. The fourth-order valence-electron chi connectivity index (χ4n) is 3.97. The predicted octanol–water partition coefficient (Wildman–Crippen LogP) is 5.52. The molecule has 0 fully saturated rings. The molecule has 0 aliphatic rings. The van der Waals surface area contributed by atoms with Crippen molar-refractivity contribution in [2.24, 2.45) is 0 Å². The van der Waals surface area contributed by atoms with Crippen molar-refractivity contribution in [3.63, 3.8) is 0 Å². The number of fused-ring (bicyclic) bond motifs is 2. The van der Waals surface area contributed by atoms with Crippen molar-refractivity contribution in [1.29, 1.82) is 0 Å². The second kappa shape index (κ2) is 11.8. The molecule has 5 nitrogen and oxygen atoms in total. The van der Waals surface area contributed by atoms with E-state index in [0.717, 1.165) is 33.5 Å². The van der Waals surface area contributed by atoms with Gasteiger partial charge in [0.15, 0.2) is 0 Å². The lowest BCUT2D eigenvalue weighted by Gasteiger charge is -2.09. The van der Waals surface area contributed by atoms with Crippen LogP contribution >= 0.6 is 0 Å². The fourth-order valence-corrected chi connectivity index (χ4v) is 3.97. The second-order valence-electron chi connectivity index (χ2n) is 7.59. The van der Waals surface area contributed by atoms with Gasteiger partial charge in [-0.15, -0.1) is 6.58 Å². The Bertz CT molecular complexity index is 1320. The number of esters is 2. The van der Waals surface area contributed by atoms with E-state index in [0.29, 0.717) is 17.5 Å². The van der Waals surface area contributed by atoms with Gasteiger partial charge < -0.3 is 14.6 Å². The first-order chi connectivity index (χ1) is 16.5. The van der Waals surface area contributed by atoms with E-state index in [1.54, 1.807) is 6.07 Å². The Kier molecular flexibility index (Phi) is 8.54. The third kappa shape index (κ3) is 5.33. The molecule has 0 amide bonds. The summed E-state index contributed by atoms with van der Waals surface area (Å²) in [5.41, 5.74) is 3.37. The molecular weight excluding hydrogens is 428 g/mol. The smallest absolute Gasteiger partial charge is 0.338 e. The summed E-state index contributed by atoms with van der Waals surface area (Å²) in [6, 6.07) is 22.9. The molecule has 0 aliphatic carbocycles. The number of benzene rings is 4. The van der Waals surface area contributed by atoms with Crippen LogP contribution in [-0.4, -0.2) is 37.9 Å². The Morgan fingerprint density at radius 2 is 1.18 bits per heavy atom. The molecule has 0 atom stereocenters. The molecule has 34 heavy (non-hydrogen) atoms. The summed E-state index contributed by atoms with van der Waals surface area (Å²) >= 11 is 0. The van der Waals surface area contributed by atoms with E-state index in [-0.39, 0.29) is 18.5 Å². The first-order valence-electron chi connectivity index (χ1n) is 10.9. The van der Waals surface area contributed by atoms with Crippen LogP contribution in [0.4, 0.5) is 0 Å². The number of aliphatic hydroxyl groups is 1. The van der Waals surface area contributed by atoms with Crippen LogP contribution in [0.5, 0.6) is 0 Å². The minimum Gasteiger partial charge on any atom is -0.465 e. The first-order valence-corrected chi connectivity index (χ1v) is 10.9. The van der Waals surface area contributed by atoms with Gasteiger partial charge in [0, 0.05) is 6.61 Å². The summed E-state index contributed by atoms with van der Waals surface area (Å²) in [4.78, 5) is 23.3. The summed E-state index contributed by atoms with van der Waals surface area (Å²) in [5.74, 6) is -0.636. The summed E-state index contributed by atoms with van der Waals surface area (Å²) in [7, 11) is 2.77. The van der Waals surface area contributed by atoms with E-state index in [9.17, 15) is 9.59 Å². The van der Waals surface area contributed by atoms with Gasteiger partial charge in [0.2, 0.25) is 0 Å². The lowest BCUT2D eigenvalue weighted by atomic mass is 9.98. The molecule has 4 aromatic carbocycles. The molecule has 0 saturated carbocycles. The molecule has 0 radical (unpaired) electrons. The highest BCUT2D eigenvalue weighted by molar-refractivity contribution is 6.06. The average Bonchev–Trinajstić information content (AvgIpc) is 2.89. The number of aliphatic hydroxyl groups excluding tert-OH is 1. The van der Waals surface area contributed by atoms with E-state index in [1.807, 2.05) is 72.8 Å². The standard InChI is InChI=1S/C15H14O2.C14H14O3/c1-3-6-11-9-10-14(15(16)17-2)13-8-5-4-7-12(11)13;1-17-14(16)13-7-6-10(8-9-15)11-4-2-3-5-12(11)13/h3-5,7-10H,1,6H2,2H3;2-7,15H,8-9H2,1H3. The van der Waals surface area contributed by atoms with Crippen LogP contribution in [0.15, 0.2) is 85.5 Å². The molecular formula is C29H28O5. The normalized spacial score (nSPS) is 10.3. The van der Waals surface area contributed by atoms with Crippen LogP contribution in [0, 0.1) is 0 Å². The van der Waals surface area contributed by atoms with Crippen molar-refractivity contribution >= 4 is 33.5 Å². The largest absolute Gasteiger partial charge is 0.465 e. The van der Waals surface area contributed by atoms with E-state index in [2.05, 4.69) is 6.58 Å². The van der Waals surface area contributed by atoms with E-state index < -0.39 is 0 Å². The van der Waals surface area contributed by atoms with E-state index >= 15 is 0 Å². The number of methoxy groups -OCH3 is 2. The van der Waals surface area contributed by atoms with Crippen molar-refractivity contribution in [1.82, 2.24) is 0 Å². The topological polar surface area (TPSA) is 72.8 Å². The third-order valence-corrected chi connectivity index (χ3v) is 5.58. The zero-order chi connectivity index (χ0) is 24.5. The highest BCUT2D eigenvalue weighted by Gasteiger charge is 2.12. The van der Waals surface area contributed by atoms with Crippen LogP contribution in [0.2, 0.25) is 0 Å². The molecule has 0 bridgehead atoms. The van der Waals surface area contributed by atoms with Crippen molar-refractivity contribution in [3.8, 4) is 0 Å². The van der Waals surface area contributed by atoms with Crippen LogP contribution < -0.4 is 0 Å². The van der Waals surface area contributed by atoms with Gasteiger partial charge in [-0.3, -0.25) is 0 Å². The molecule has 4 rings (SSSR count). The average molecular weight is 457 g/mol. The van der Waals surface area contributed by atoms with Gasteiger partial charge in [-0.05, 0) is 57.6 Å². The monoisotopic (exact) mass is 456 g/mol. The molecule has 0 aliphatic heterocycles. The number of allylic oxidation sites excluding steroid dienone is 1. The minimum atomic E-state index is -0.336. The Labute approximate surface area is 199 Å². The van der Waals surface area contributed by atoms with Crippen molar-refractivity contribution < 1.29 is 24.2 Å². The number of carbonyl (C=O) groups excluding carboxylic acids is 2. The summed E-state index contributed by atoms with van der Waals surface area (Å²) in [6.45, 7) is 3.84. The number of hydrogen-bond donors (Lipinski definition) is 1. The van der Waals surface area contributed by atoms with Crippen LogP contribution in [0.25, 0.3) is 21.5 Å². The van der Waals surface area contributed by atoms with Gasteiger partial charge >= 0.3 is 11.9 Å². The number of rotatable bonds is 6. The molecule has 0 aromatic heterocycles. The lowest BCUT2D eigenvalue weighted by Crippen LogP contribution is -2.03. The molecule has 5 heteroatoms. The van der Waals surface area contributed by atoms with Gasteiger partial charge in [-0.1, -0.05) is 66.7 Å². The van der Waals surface area contributed by atoms with Gasteiger partial charge in [0.05, 0.1) is 25.3 Å². The summed E-state index contributed by atoms with van der Waals surface area (Å²) in [6.07, 6.45) is 3.24. The lowest BCUT2D eigenvalue weighted by molar-refractivity contribution is 0.0594. The molecule has 174 valence electrons. The maximum absolute atomic E-state index is 11.7. The SMILES string of the molecule is C=CCc1ccc(C(=O)OC)c2ccccc12.COC(=O)c1ccc(CCO)c2ccccc12. The quantitative estimate of drug-likeness (QED) is 0.306. The van der Waals surface area contributed by atoms with Crippen molar-refractivity contribution in [2.45, 2.75) is 12.8 Å². The Balaban J connectivity index is 0.000000191. The molecule has 4 aromatic rings. The molecule has 0 unspecified atom stereocenters. The van der Waals surface area contributed by atoms with Gasteiger partial charge in [-0.2, -0.15) is 0 Å². The van der Waals surface area contributed by atoms with Gasteiger partial charge in [0.1, 0.15) is 0 Å². The van der Waals surface area contributed by atoms with Crippen LogP contribution in [-0.2, 0) is 22.3 Å². The third-order valence-electron chi connectivity index (χ3n) is 5.58. The number of hydrogen-bond acceptors (Lipinski definition) is 5. The zero-order valence-corrected chi connectivity index (χ0v) is 19.4. The molecule has 0 heterocycles. The van der Waals surface area contributed by atoms with Crippen LogP contribution in [0.3, 0.4) is 0 Å². The van der Waals surface area contributed by atoms with Gasteiger partial charge in [-0.25, -0.2) is 9.59 Å². The maximum Gasteiger partial charge on any atom is 0.338 e. The maximum atomic E-state index is 11.7. The summed E-state index contributed by atoms with van der Waals surface area (Å²) in [5, 5.41) is 12.9. The zero-order valence-electron chi connectivity index (χ0n) is 19.4. The summed E-state index contributed by atoms with van der Waals surface area (Å²) < 4.78 is 9.54. The minimum absolute atomic E-state index is 0.0988. The molecule has 0 spiro atoms. The Morgan fingerprint density at radius 3 is 1.62 bits per heavy atom. The van der Waals surface area contributed by atoms with Crippen molar-refractivity contribution in [2.75, 3.05) is 20.8 Å². The highest BCUT2D eigenvalue weighted by Crippen LogP contribution is 2.25. The van der Waals surface area contributed by atoms with E-state index in [1.165, 1.54) is 19.8 Å². The molecule has 1 N–H and O–H groups in total. The van der Waals surface area contributed by atoms with E-state index in [4.69, 9.17) is 14.6 Å². The first kappa shape index (κ1) is 24.7. The Morgan fingerprint density at radius 1 is 0.735 bits per heavy atom. The Hall–Kier alpha value is -3.96. The second-order valence-corrected chi connectivity index (χ2v) is 7.59. The number of ether oxygens (including phenoxy) is 2. The molecule has 0 saturated heterocycles. The van der Waals surface area contributed by atoms with Crippen LogP contribution in [0.1, 0.15) is 31.8 Å². The highest BCUT2D eigenvalue weighted by atomic mass is 16.5. The van der Waals surface area contributed by atoms with Gasteiger partial charge in [0.25, 0.3) is 0 Å². The number of carbonyl (C=O) groups is 2. The fraction of sp³-hybridized carbons (Fsp3) is 0.172. The van der Waals surface area contributed by atoms with Crippen molar-refractivity contribution in [3.05, 3.63) is 108 Å².